The molecule has 4 rings (SSSR count). The fraction of sp³-hybridized carbons (Fsp3) is 0.100. The summed E-state index contributed by atoms with van der Waals surface area (Å²) in [5.74, 6) is 0.206. The molecule has 0 spiro atoms. The topological polar surface area (TPSA) is 77.0 Å². The normalized spacial score (nSPS) is 11.4. The van der Waals surface area contributed by atoms with Gasteiger partial charge in [-0.2, -0.15) is 0 Å². The highest BCUT2D eigenvalue weighted by Gasteiger charge is 2.16. The second kappa shape index (κ2) is 14.5. The molecule has 1 atom stereocenters. The third-order valence-corrected chi connectivity index (χ3v) is 5.72. The zero-order chi connectivity index (χ0) is 27.3. The maximum Gasteiger partial charge on any atom is 0.213 e. The molecule has 0 aromatic heterocycles. The lowest BCUT2D eigenvalue weighted by Crippen LogP contribution is -2.21. The van der Waals surface area contributed by atoms with Gasteiger partial charge in [-0.25, -0.2) is 0 Å². The van der Waals surface area contributed by atoms with E-state index in [0.29, 0.717) is 10.7 Å². The van der Waals surface area contributed by atoms with Gasteiger partial charge in [-0.05, 0) is 61.5 Å². The molecule has 8 heteroatoms. The summed E-state index contributed by atoms with van der Waals surface area (Å²) >= 11 is 10.9. The minimum absolute atomic E-state index is 0.206. The van der Waals surface area contributed by atoms with E-state index in [1.807, 2.05) is 79.7 Å². The van der Waals surface area contributed by atoms with Crippen molar-refractivity contribution < 1.29 is 9.90 Å². The smallest absolute Gasteiger partial charge is 0.213 e. The Morgan fingerprint density at radius 3 is 2.18 bits per heavy atom. The number of nitrogens with one attached hydrogen (secondary N) is 2. The quantitative estimate of drug-likeness (QED) is 0.0916. The fourth-order valence-electron chi connectivity index (χ4n) is 3.59. The molecule has 0 bridgehead atoms. The van der Waals surface area contributed by atoms with Gasteiger partial charge in [0, 0.05) is 34.6 Å². The molecule has 0 aliphatic carbocycles. The van der Waals surface area contributed by atoms with Crippen molar-refractivity contribution in [3.05, 3.63) is 119 Å². The van der Waals surface area contributed by atoms with E-state index in [1.54, 1.807) is 37.4 Å². The van der Waals surface area contributed by atoms with Gasteiger partial charge < -0.3 is 20.6 Å². The predicted molar refractivity (Wildman–Crippen MR) is 163 cm³/mol. The van der Waals surface area contributed by atoms with Crippen LogP contribution in [0.1, 0.15) is 18.1 Å². The van der Waals surface area contributed by atoms with Crippen molar-refractivity contribution in [1.29, 1.82) is 0 Å². The number of thiocarbonyl (C=S) groups is 1. The number of benzene rings is 4. The Bertz CT molecular complexity index is 1350. The average molecular weight is 545 g/mol. The zero-order valence-corrected chi connectivity index (χ0v) is 22.7. The van der Waals surface area contributed by atoms with Gasteiger partial charge in [0.2, 0.25) is 6.41 Å². The Hall–Kier alpha value is -4.20. The number of hydrogen-bond donors (Lipinski definition) is 3. The molecule has 1 unspecified atom stereocenters. The van der Waals surface area contributed by atoms with Crippen LogP contribution in [0.4, 0.5) is 17.1 Å². The molecule has 0 heterocycles. The van der Waals surface area contributed by atoms with Gasteiger partial charge in [-0.3, -0.25) is 9.79 Å². The van der Waals surface area contributed by atoms with Crippen LogP contribution in [0.2, 0.25) is 5.02 Å². The van der Waals surface area contributed by atoms with Crippen LogP contribution in [-0.2, 0) is 4.79 Å². The van der Waals surface area contributed by atoms with Gasteiger partial charge in [0.15, 0.2) is 0 Å². The van der Waals surface area contributed by atoms with Crippen LogP contribution in [0.5, 0.6) is 5.75 Å². The van der Waals surface area contributed by atoms with E-state index < -0.39 is 0 Å². The van der Waals surface area contributed by atoms with Crippen molar-refractivity contribution in [2.45, 2.75) is 13.1 Å². The number of aliphatic imine (C=N–C) groups is 1. The van der Waals surface area contributed by atoms with Crippen LogP contribution in [0.15, 0.2) is 108 Å². The molecule has 6 nitrogen and oxygen atoms in total. The average Bonchev–Trinajstić information content (AvgIpc) is 2.94. The Balaban J connectivity index is 0.000000375. The highest BCUT2D eigenvalue weighted by Crippen LogP contribution is 2.27. The van der Waals surface area contributed by atoms with E-state index in [-0.39, 0.29) is 11.9 Å². The molecule has 194 valence electrons. The molecular weight excluding hydrogens is 516 g/mol. The molecule has 0 fully saturated rings. The van der Waals surface area contributed by atoms with Crippen molar-refractivity contribution in [2.24, 2.45) is 4.99 Å². The second-order valence-electron chi connectivity index (χ2n) is 8.22. The maximum atomic E-state index is 11.4. The number of phenols is 1. The summed E-state index contributed by atoms with van der Waals surface area (Å²) in [6.07, 6.45) is 0.483. The third-order valence-electron chi connectivity index (χ3n) is 5.36. The monoisotopic (exact) mass is 544 g/mol. The minimum atomic E-state index is -0.275. The number of hydrogen-bond acceptors (Lipinski definition) is 5. The number of nitrogens with zero attached hydrogens (tertiary/aromatic N) is 2. The largest absolute Gasteiger partial charge is 0.508 e. The number of rotatable bonds is 9. The number of amides is 1. The van der Waals surface area contributed by atoms with Crippen LogP contribution in [0.25, 0.3) is 0 Å². The Labute approximate surface area is 233 Å². The lowest BCUT2D eigenvalue weighted by atomic mass is 10.00. The molecule has 1 amide bonds. The zero-order valence-electron chi connectivity index (χ0n) is 21.1. The van der Waals surface area contributed by atoms with Crippen molar-refractivity contribution in [3.8, 4) is 5.75 Å². The molecule has 0 aliphatic rings. The molecule has 0 radical (unpaired) electrons. The van der Waals surface area contributed by atoms with E-state index in [2.05, 4.69) is 22.9 Å². The lowest BCUT2D eigenvalue weighted by molar-refractivity contribution is -0.107. The van der Waals surface area contributed by atoms with Gasteiger partial charge in [-0.1, -0.05) is 72.3 Å². The summed E-state index contributed by atoms with van der Waals surface area (Å²) in [6.45, 7) is 1.93. The number of halogens is 1. The van der Waals surface area contributed by atoms with Crippen LogP contribution >= 0.6 is 23.8 Å². The number of aromatic hydroxyl groups is 1. The molecule has 0 aliphatic heterocycles. The van der Waals surface area contributed by atoms with Crippen molar-refractivity contribution in [3.63, 3.8) is 0 Å². The van der Waals surface area contributed by atoms with Crippen molar-refractivity contribution in [1.82, 2.24) is 0 Å². The summed E-state index contributed by atoms with van der Waals surface area (Å²) in [6, 6.07) is 31.7. The van der Waals surface area contributed by atoms with Crippen molar-refractivity contribution in [2.75, 3.05) is 22.6 Å². The SMILES string of the molecule is CC(/N=C(/c1ccccc1)c1cc(Cl)ccc1N(C)C=O)Nc1ccc(O)cc1.S=CNc1ccccc1. The summed E-state index contributed by atoms with van der Waals surface area (Å²) in [7, 11) is 1.69. The predicted octanol–water partition coefficient (Wildman–Crippen LogP) is 6.99. The van der Waals surface area contributed by atoms with Gasteiger partial charge in [0.1, 0.15) is 11.9 Å². The molecule has 4 aromatic rings. The van der Waals surface area contributed by atoms with Crippen LogP contribution in [0.3, 0.4) is 0 Å². The second-order valence-corrected chi connectivity index (χ2v) is 8.89. The van der Waals surface area contributed by atoms with E-state index in [0.717, 1.165) is 34.6 Å². The van der Waals surface area contributed by atoms with E-state index in [9.17, 15) is 9.90 Å². The van der Waals surface area contributed by atoms with Gasteiger partial charge >= 0.3 is 0 Å². The molecule has 0 saturated heterocycles. The molecule has 0 saturated carbocycles. The van der Waals surface area contributed by atoms with Gasteiger partial charge in [0.25, 0.3) is 0 Å². The first-order valence-electron chi connectivity index (χ1n) is 11.8. The highest BCUT2D eigenvalue weighted by molar-refractivity contribution is 7.79. The van der Waals surface area contributed by atoms with E-state index in [4.69, 9.17) is 16.6 Å². The summed E-state index contributed by atoms with van der Waals surface area (Å²) < 4.78 is 0. The summed E-state index contributed by atoms with van der Waals surface area (Å²) in [5, 5.41) is 16.2. The number of anilines is 3. The first kappa shape index (κ1) is 28.4. The number of carbonyl (C=O) groups is 1. The molecule has 3 N–H and O–H groups in total. The van der Waals surface area contributed by atoms with Crippen LogP contribution < -0.4 is 15.5 Å². The van der Waals surface area contributed by atoms with E-state index >= 15 is 0 Å². The molecule has 4 aromatic carbocycles. The summed E-state index contributed by atoms with van der Waals surface area (Å²) in [5.41, 5.74) is 6.47. The fourth-order valence-corrected chi connectivity index (χ4v) is 3.89. The number of para-hydroxylation sites is 1. The number of carbonyl (C=O) groups excluding carboxylic acids is 1. The van der Waals surface area contributed by atoms with Gasteiger partial charge in [-0.15, -0.1) is 0 Å². The first-order valence-corrected chi connectivity index (χ1v) is 12.7. The standard InChI is InChI=1S/C23H22ClN3O2.C7H7NS/c1-16(25-19-9-11-20(29)12-10-19)26-23(17-6-4-3-5-7-17)21-14-18(24)8-13-22(21)27(2)15-28;9-6-8-7-4-2-1-3-5-7/h3-16,25,29H,1-2H3;1-6H,(H,8,9)/b26-23-;. The highest BCUT2D eigenvalue weighted by atomic mass is 35.5. The molecule has 38 heavy (non-hydrogen) atoms. The number of phenolic OH excluding ortho intramolecular Hbond substituents is 1. The van der Waals surface area contributed by atoms with Crippen molar-refractivity contribution >= 4 is 58.5 Å². The van der Waals surface area contributed by atoms with E-state index in [1.165, 1.54) is 10.4 Å². The van der Waals surface area contributed by atoms with Crippen LogP contribution in [-0.4, -0.2) is 35.9 Å². The Morgan fingerprint density at radius 1 is 0.947 bits per heavy atom. The third kappa shape index (κ3) is 8.44. The van der Waals surface area contributed by atoms with Crippen LogP contribution in [0, 0.1) is 0 Å². The lowest BCUT2D eigenvalue weighted by Gasteiger charge is -2.20. The Morgan fingerprint density at radius 2 is 1.58 bits per heavy atom. The minimum Gasteiger partial charge on any atom is -0.508 e. The molecular formula is C30H29ClN4O2S. The first-order chi connectivity index (χ1) is 18.4. The Kier molecular flexibility index (Phi) is 10.8. The summed E-state index contributed by atoms with van der Waals surface area (Å²) in [4.78, 5) is 17.8. The maximum absolute atomic E-state index is 11.4. The van der Waals surface area contributed by atoms with Gasteiger partial charge in [0.05, 0.1) is 16.9 Å².